The SMILES string of the molecule is CN(C(=O)CCl)c1cccc(Cl)c1F. The van der Waals surface area contributed by atoms with E-state index in [1.54, 1.807) is 6.07 Å². The van der Waals surface area contributed by atoms with E-state index in [0.29, 0.717) is 0 Å². The lowest BCUT2D eigenvalue weighted by atomic mass is 10.3. The summed E-state index contributed by atoms with van der Waals surface area (Å²) >= 11 is 10.9. The van der Waals surface area contributed by atoms with Gasteiger partial charge in [-0.15, -0.1) is 11.6 Å². The van der Waals surface area contributed by atoms with Crippen molar-refractivity contribution in [3.63, 3.8) is 0 Å². The molecule has 0 atom stereocenters. The number of benzene rings is 1. The Hall–Kier alpha value is -0.800. The van der Waals surface area contributed by atoms with Crippen molar-refractivity contribution in [3.8, 4) is 0 Å². The number of halogens is 3. The zero-order valence-corrected chi connectivity index (χ0v) is 8.94. The Bertz CT molecular complexity index is 357. The summed E-state index contributed by atoms with van der Waals surface area (Å²) in [5.74, 6) is -1.19. The largest absolute Gasteiger partial charge is 0.312 e. The summed E-state index contributed by atoms with van der Waals surface area (Å²) in [4.78, 5) is 12.3. The molecule has 0 aromatic heterocycles. The molecule has 0 aliphatic rings. The quantitative estimate of drug-likeness (QED) is 0.723. The molecule has 0 spiro atoms. The third kappa shape index (κ3) is 2.16. The fraction of sp³-hybridized carbons (Fsp3) is 0.222. The van der Waals surface area contributed by atoms with Crippen LogP contribution in [0, 0.1) is 5.82 Å². The molecule has 5 heteroatoms. The van der Waals surface area contributed by atoms with E-state index in [1.165, 1.54) is 19.2 Å². The average molecular weight is 236 g/mol. The summed E-state index contributed by atoms with van der Waals surface area (Å²) in [5.41, 5.74) is 0.128. The summed E-state index contributed by atoms with van der Waals surface area (Å²) in [7, 11) is 1.44. The monoisotopic (exact) mass is 235 g/mol. The second-order valence-electron chi connectivity index (χ2n) is 2.66. The third-order valence-corrected chi connectivity index (χ3v) is 2.30. The van der Waals surface area contributed by atoms with Gasteiger partial charge < -0.3 is 4.90 Å². The van der Waals surface area contributed by atoms with E-state index in [2.05, 4.69) is 0 Å². The molecule has 0 fully saturated rings. The maximum atomic E-state index is 13.4. The number of carbonyl (C=O) groups is 1. The van der Waals surface area contributed by atoms with Crippen molar-refractivity contribution in [2.45, 2.75) is 0 Å². The number of amides is 1. The molecule has 1 aromatic carbocycles. The van der Waals surface area contributed by atoms with Crippen molar-refractivity contribution in [3.05, 3.63) is 29.0 Å². The molecule has 1 aromatic rings. The Kier molecular flexibility index (Phi) is 3.72. The highest BCUT2D eigenvalue weighted by molar-refractivity contribution is 6.31. The summed E-state index contributed by atoms with van der Waals surface area (Å²) in [5, 5.41) is -0.0169. The Morgan fingerprint density at radius 3 is 2.79 bits per heavy atom. The van der Waals surface area contributed by atoms with Crippen LogP contribution in [-0.2, 0) is 4.79 Å². The number of hydrogen-bond acceptors (Lipinski definition) is 1. The first-order valence-corrected chi connectivity index (χ1v) is 4.75. The molecule has 76 valence electrons. The molecule has 0 heterocycles. The number of nitrogens with zero attached hydrogens (tertiary/aromatic N) is 1. The van der Waals surface area contributed by atoms with Crippen molar-refractivity contribution < 1.29 is 9.18 Å². The first-order valence-electron chi connectivity index (χ1n) is 3.84. The van der Waals surface area contributed by atoms with Crippen molar-refractivity contribution in [2.24, 2.45) is 0 Å². The van der Waals surface area contributed by atoms with E-state index in [1.807, 2.05) is 0 Å². The van der Waals surface area contributed by atoms with Gasteiger partial charge in [0, 0.05) is 7.05 Å². The van der Waals surface area contributed by atoms with Gasteiger partial charge in [-0.1, -0.05) is 17.7 Å². The van der Waals surface area contributed by atoms with Crippen LogP contribution in [0.2, 0.25) is 5.02 Å². The number of carbonyl (C=O) groups excluding carboxylic acids is 1. The molecule has 1 rings (SSSR count). The maximum absolute atomic E-state index is 13.4. The standard InChI is InChI=1S/C9H8Cl2FNO/c1-13(8(14)5-10)7-4-2-3-6(11)9(7)12/h2-4H,5H2,1H3. The summed E-state index contributed by atoms with van der Waals surface area (Å²) < 4.78 is 13.4. The molecule has 0 saturated carbocycles. The first kappa shape index (κ1) is 11.3. The second-order valence-corrected chi connectivity index (χ2v) is 3.33. The van der Waals surface area contributed by atoms with Crippen LogP contribution in [0.4, 0.5) is 10.1 Å². The van der Waals surface area contributed by atoms with Crippen LogP contribution in [0.5, 0.6) is 0 Å². The molecule has 0 unspecified atom stereocenters. The van der Waals surface area contributed by atoms with Crippen molar-refractivity contribution in [1.29, 1.82) is 0 Å². The Morgan fingerprint density at radius 1 is 1.57 bits per heavy atom. The minimum Gasteiger partial charge on any atom is -0.312 e. The van der Waals surface area contributed by atoms with Crippen molar-refractivity contribution in [2.75, 3.05) is 17.8 Å². The zero-order valence-electron chi connectivity index (χ0n) is 7.43. The van der Waals surface area contributed by atoms with E-state index < -0.39 is 5.82 Å². The van der Waals surface area contributed by atoms with Crippen LogP contribution in [0.25, 0.3) is 0 Å². The van der Waals surface area contributed by atoms with Crippen molar-refractivity contribution >= 4 is 34.8 Å². The first-order chi connectivity index (χ1) is 6.57. The highest BCUT2D eigenvalue weighted by Gasteiger charge is 2.15. The molecule has 1 amide bonds. The summed E-state index contributed by atoms with van der Waals surface area (Å²) in [6.45, 7) is 0. The zero-order chi connectivity index (χ0) is 10.7. The summed E-state index contributed by atoms with van der Waals surface area (Å²) in [6.07, 6.45) is 0. The summed E-state index contributed by atoms with van der Waals surface area (Å²) in [6, 6.07) is 4.45. The molecule has 0 saturated heterocycles. The van der Waals surface area contributed by atoms with Gasteiger partial charge in [0.1, 0.15) is 5.88 Å². The second kappa shape index (κ2) is 4.62. The maximum Gasteiger partial charge on any atom is 0.241 e. The van der Waals surface area contributed by atoms with Gasteiger partial charge in [-0.2, -0.15) is 0 Å². The third-order valence-electron chi connectivity index (χ3n) is 1.78. The van der Waals surface area contributed by atoms with Gasteiger partial charge in [0.15, 0.2) is 5.82 Å². The van der Waals surface area contributed by atoms with E-state index in [0.717, 1.165) is 4.90 Å². The van der Waals surface area contributed by atoms with Gasteiger partial charge in [-0.05, 0) is 12.1 Å². The van der Waals surface area contributed by atoms with E-state index in [-0.39, 0.29) is 22.5 Å². The fourth-order valence-corrected chi connectivity index (χ4v) is 1.32. The van der Waals surface area contributed by atoms with Gasteiger partial charge in [0.25, 0.3) is 0 Å². The molecular weight excluding hydrogens is 228 g/mol. The van der Waals surface area contributed by atoms with Crippen LogP contribution < -0.4 is 4.90 Å². The Labute approximate surface area is 91.2 Å². The topological polar surface area (TPSA) is 20.3 Å². The average Bonchev–Trinajstić information content (AvgIpc) is 2.20. The molecule has 0 aliphatic carbocycles. The Morgan fingerprint density at radius 2 is 2.21 bits per heavy atom. The number of alkyl halides is 1. The number of rotatable bonds is 2. The smallest absolute Gasteiger partial charge is 0.241 e. The highest BCUT2D eigenvalue weighted by Crippen LogP contribution is 2.24. The molecule has 0 radical (unpaired) electrons. The molecule has 14 heavy (non-hydrogen) atoms. The van der Waals surface area contributed by atoms with Gasteiger partial charge in [-0.25, -0.2) is 4.39 Å². The number of anilines is 1. The molecule has 0 bridgehead atoms. The van der Waals surface area contributed by atoms with Crippen LogP contribution in [0.3, 0.4) is 0 Å². The normalized spacial score (nSPS) is 10.0. The minimum atomic E-state index is -0.616. The van der Waals surface area contributed by atoms with Crippen LogP contribution in [0.1, 0.15) is 0 Å². The highest BCUT2D eigenvalue weighted by atomic mass is 35.5. The predicted molar refractivity (Wildman–Crippen MR) is 55.5 cm³/mol. The molecular formula is C9H8Cl2FNO. The van der Waals surface area contributed by atoms with Gasteiger partial charge in [0.2, 0.25) is 5.91 Å². The Balaban J connectivity index is 3.07. The van der Waals surface area contributed by atoms with Crippen molar-refractivity contribution in [1.82, 2.24) is 0 Å². The lowest BCUT2D eigenvalue weighted by Gasteiger charge is -2.16. The van der Waals surface area contributed by atoms with Gasteiger partial charge in [-0.3, -0.25) is 4.79 Å². The van der Waals surface area contributed by atoms with Crippen LogP contribution in [-0.4, -0.2) is 18.8 Å². The van der Waals surface area contributed by atoms with Crippen LogP contribution in [0.15, 0.2) is 18.2 Å². The fourth-order valence-electron chi connectivity index (χ4n) is 0.975. The molecule has 0 aliphatic heterocycles. The van der Waals surface area contributed by atoms with Gasteiger partial charge >= 0.3 is 0 Å². The van der Waals surface area contributed by atoms with Gasteiger partial charge in [0.05, 0.1) is 10.7 Å². The van der Waals surface area contributed by atoms with E-state index >= 15 is 0 Å². The minimum absolute atomic E-state index is 0.0169. The number of hydrogen-bond donors (Lipinski definition) is 0. The van der Waals surface area contributed by atoms with Crippen LogP contribution >= 0.6 is 23.2 Å². The molecule has 2 nitrogen and oxygen atoms in total. The lowest BCUT2D eigenvalue weighted by molar-refractivity contribution is -0.116. The van der Waals surface area contributed by atoms with E-state index in [4.69, 9.17) is 23.2 Å². The predicted octanol–water partition coefficient (Wildman–Crippen LogP) is 2.68. The van der Waals surface area contributed by atoms with E-state index in [9.17, 15) is 9.18 Å². The lowest BCUT2D eigenvalue weighted by Crippen LogP contribution is -2.28. The molecule has 0 N–H and O–H groups in total.